The molecule has 1 aliphatic heterocycles. The molecule has 2 rings (SSSR count). The van der Waals surface area contributed by atoms with Gasteiger partial charge in [-0.25, -0.2) is 9.59 Å². The predicted octanol–water partition coefficient (Wildman–Crippen LogP) is 4.00. The van der Waals surface area contributed by atoms with Crippen LogP contribution in [0.25, 0.3) is 0 Å². The van der Waals surface area contributed by atoms with Crippen LogP contribution in [0, 0.1) is 0 Å². The summed E-state index contributed by atoms with van der Waals surface area (Å²) in [5, 5.41) is 9.46. The van der Waals surface area contributed by atoms with Crippen LogP contribution in [0.2, 0.25) is 0 Å². The van der Waals surface area contributed by atoms with Crippen molar-refractivity contribution in [2.75, 3.05) is 24.5 Å². The molecular formula is C20H30N2O4. The van der Waals surface area contributed by atoms with Gasteiger partial charge in [0.15, 0.2) is 0 Å². The lowest BCUT2D eigenvalue weighted by atomic mass is 10.0. The van der Waals surface area contributed by atoms with E-state index < -0.39 is 11.6 Å². The maximum Gasteiger partial charge on any atom is 0.410 e. The number of carboxylic acids is 1. The number of carboxylic acid groups (broad SMARTS) is 1. The zero-order chi connectivity index (χ0) is 19.3. The summed E-state index contributed by atoms with van der Waals surface area (Å²) in [4.78, 5) is 28.0. The molecular weight excluding hydrogens is 332 g/mol. The number of unbranched alkanes of at least 4 members (excludes halogenated alkanes) is 1. The minimum absolute atomic E-state index is 0.0143. The van der Waals surface area contributed by atoms with Gasteiger partial charge in [0.1, 0.15) is 5.60 Å². The second-order valence-electron chi connectivity index (χ2n) is 7.74. The Morgan fingerprint density at radius 1 is 1.23 bits per heavy atom. The number of ether oxygens (including phenoxy) is 1. The van der Waals surface area contributed by atoms with E-state index >= 15 is 0 Å². The molecule has 26 heavy (non-hydrogen) atoms. The van der Waals surface area contributed by atoms with Gasteiger partial charge in [0, 0.05) is 19.6 Å². The second-order valence-corrected chi connectivity index (χ2v) is 7.74. The lowest BCUT2D eigenvalue weighted by Crippen LogP contribution is -2.56. The second kappa shape index (κ2) is 8.43. The Labute approximate surface area is 155 Å². The van der Waals surface area contributed by atoms with Gasteiger partial charge in [-0.15, -0.1) is 0 Å². The molecule has 0 radical (unpaired) electrons. The van der Waals surface area contributed by atoms with Gasteiger partial charge in [-0.3, -0.25) is 0 Å². The molecule has 1 aromatic carbocycles. The van der Waals surface area contributed by atoms with E-state index in [0.717, 1.165) is 19.3 Å². The van der Waals surface area contributed by atoms with Crippen molar-refractivity contribution in [1.82, 2.24) is 4.90 Å². The Balaban J connectivity index is 2.19. The molecule has 0 saturated carbocycles. The summed E-state index contributed by atoms with van der Waals surface area (Å²) in [6, 6.07) is 7.06. The normalized spacial score (nSPS) is 17.9. The number of anilines is 1. The fourth-order valence-corrected chi connectivity index (χ4v) is 3.25. The standard InChI is InChI=1S/C20H30N2O4/c1-5-6-9-15-14-21(17-11-8-7-10-16(17)18(23)24)12-13-22(15)19(25)26-20(2,3)4/h7-8,10-11,15H,5-6,9,12-14H2,1-4H3,(H,23,24). The lowest BCUT2D eigenvalue weighted by molar-refractivity contribution is 0.0129. The van der Waals surface area contributed by atoms with Crippen LogP contribution in [0.3, 0.4) is 0 Å². The number of hydrogen-bond acceptors (Lipinski definition) is 4. The van der Waals surface area contributed by atoms with Gasteiger partial charge in [0.25, 0.3) is 0 Å². The van der Waals surface area contributed by atoms with E-state index in [0.29, 0.717) is 30.9 Å². The minimum atomic E-state index is -0.930. The third-order valence-corrected chi connectivity index (χ3v) is 4.48. The van der Waals surface area contributed by atoms with Gasteiger partial charge in [-0.05, 0) is 39.3 Å². The van der Waals surface area contributed by atoms with Crippen LogP contribution in [-0.2, 0) is 4.74 Å². The number of rotatable bonds is 5. The van der Waals surface area contributed by atoms with Crippen molar-refractivity contribution in [2.24, 2.45) is 0 Å². The first-order chi connectivity index (χ1) is 12.2. The topological polar surface area (TPSA) is 70.1 Å². The molecule has 0 aliphatic carbocycles. The van der Waals surface area contributed by atoms with Crippen molar-refractivity contribution < 1.29 is 19.4 Å². The molecule has 6 nitrogen and oxygen atoms in total. The minimum Gasteiger partial charge on any atom is -0.478 e. The van der Waals surface area contributed by atoms with Crippen molar-refractivity contribution in [3.05, 3.63) is 29.8 Å². The number of nitrogens with zero attached hydrogens (tertiary/aromatic N) is 2. The van der Waals surface area contributed by atoms with E-state index in [4.69, 9.17) is 4.74 Å². The van der Waals surface area contributed by atoms with E-state index in [1.807, 2.05) is 32.9 Å². The number of piperazine rings is 1. The largest absolute Gasteiger partial charge is 0.478 e. The highest BCUT2D eigenvalue weighted by Crippen LogP contribution is 2.26. The van der Waals surface area contributed by atoms with Crippen LogP contribution < -0.4 is 4.90 Å². The fraction of sp³-hybridized carbons (Fsp3) is 0.600. The summed E-state index contributed by atoms with van der Waals surface area (Å²) in [6.45, 7) is 9.45. The maximum absolute atomic E-state index is 12.6. The first-order valence-electron chi connectivity index (χ1n) is 9.30. The number of benzene rings is 1. The van der Waals surface area contributed by atoms with Crippen LogP contribution in [0.4, 0.5) is 10.5 Å². The quantitative estimate of drug-likeness (QED) is 0.857. The summed E-state index contributed by atoms with van der Waals surface area (Å²) >= 11 is 0. The molecule has 1 saturated heterocycles. The molecule has 1 unspecified atom stereocenters. The molecule has 1 aromatic rings. The maximum atomic E-state index is 12.6. The Morgan fingerprint density at radius 2 is 1.92 bits per heavy atom. The molecule has 1 fully saturated rings. The summed E-state index contributed by atoms with van der Waals surface area (Å²) in [7, 11) is 0. The fourth-order valence-electron chi connectivity index (χ4n) is 3.25. The molecule has 1 atom stereocenters. The molecule has 0 spiro atoms. The molecule has 1 aliphatic rings. The smallest absolute Gasteiger partial charge is 0.410 e. The summed E-state index contributed by atoms with van der Waals surface area (Å²) in [6.07, 6.45) is 2.65. The Morgan fingerprint density at radius 3 is 2.54 bits per heavy atom. The van der Waals surface area contributed by atoms with Crippen molar-refractivity contribution in [2.45, 2.75) is 58.6 Å². The Kier molecular flexibility index (Phi) is 6.51. The zero-order valence-corrected chi connectivity index (χ0v) is 16.2. The highest BCUT2D eigenvalue weighted by Gasteiger charge is 2.33. The first-order valence-corrected chi connectivity index (χ1v) is 9.30. The molecule has 1 N–H and O–H groups in total. The number of carbonyl (C=O) groups is 2. The Hall–Kier alpha value is -2.24. The average molecular weight is 362 g/mol. The Bertz CT molecular complexity index is 639. The first kappa shape index (κ1) is 20.1. The van der Waals surface area contributed by atoms with E-state index in [1.165, 1.54) is 0 Å². The van der Waals surface area contributed by atoms with E-state index in [9.17, 15) is 14.7 Å². The SMILES string of the molecule is CCCCC1CN(c2ccccc2C(=O)O)CCN1C(=O)OC(C)(C)C. The molecule has 0 bridgehead atoms. The summed E-state index contributed by atoms with van der Waals surface area (Å²) < 4.78 is 5.56. The highest BCUT2D eigenvalue weighted by molar-refractivity contribution is 5.94. The number of carbonyl (C=O) groups excluding carboxylic acids is 1. The number of aromatic carboxylic acids is 1. The van der Waals surface area contributed by atoms with Crippen molar-refractivity contribution in [1.29, 1.82) is 0 Å². The van der Waals surface area contributed by atoms with Gasteiger partial charge in [-0.2, -0.15) is 0 Å². The van der Waals surface area contributed by atoms with Gasteiger partial charge in [-0.1, -0.05) is 31.9 Å². The van der Waals surface area contributed by atoms with E-state index in [2.05, 4.69) is 11.8 Å². The summed E-state index contributed by atoms with van der Waals surface area (Å²) in [5.41, 5.74) is 0.484. The zero-order valence-electron chi connectivity index (χ0n) is 16.2. The molecule has 144 valence electrons. The van der Waals surface area contributed by atoms with Crippen LogP contribution >= 0.6 is 0 Å². The number of para-hydroxylation sites is 1. The van der Waals surface area contributed by atoms with Gasteiger partial charge < -0.3 is 19.6 Å². The van der Waals surface area contributed by atoms with Gasteiger partial charge in [0.2, 0.25) is 0 Å². The predicted molar refractivity (Wildman–Crippen MR) is 102 cm³/mol. The molecule has 1 amide bonds. The number of hydrogen-bond donors (Lipinski definition) is 1. The van der Waals surface area contributed by atoms with Crippen molar-refractivity contribution in [3.63, 3.8) is 0 Å². The van der Waals surface area contributed by atoms with Crippen molar-refractivity contribution >= 4 is 17.7 Å². The van der Waals surface area contributed by atoms with Gasteiger partial charge >= 0.3 is 12.1 Å². The van der Waals surface area contributed by atoms with E-state index in [1.54, 1.807) is 17.0 Å². The molecule has 1 heterocycles. The highest BCUT2D eigenvalue weighted by atomic mass is 16.6. The monoisotopic (exact) mass is 362 g/mol. The van der Waals surface area contributed by atoms with Crippen LogP contribution in [0.15, 0.2) is 24.3 Å². The summed E-state index contributed by atoms with van der Waals surface area (Å²) in [5.74, 6) is -0.930. The van der Waals surface area contributed by atoms with Crippen LogP contribution in [-0.4, -0.2) is 53.3 Å². The van der Waals surface area contributed by atoms with Crippen LogP contribution in [0.5, 0.6) is 0 Å². The third-order valence-electron chi connectivity index (χ3n) is 4.48. The van der Waals surface area contributed by atoms with Crippen LogP contribution in [0.1, 0.15) is 57.3 Å². The van der Waals surface area contributed by atoms with E-state index in [-0.39, 0.29) is 12.1 Å². The third kappa shape index (κ3) is 5.13. The van der Waals surface area contributed by atoms with Crippen molar-refractivity contribution in [3.8, 4) is 0 Å². The average Bonchev–Trinajstić information content (AvgIpc) is 2.58. The molecule has 0 aromatic heterocycles. The molecule has 6 heteroatoms. The number of amides is 1. The lowest BCUT2D eigenvalue weighted by Gasteiger charge is -2.43. The van der Waals surface area contributed by atoms with Gasteiger partial charge in [0.05, 0.1) is 17.3 Å².